The fourth-order valence-corrected chi connectivity index (χ4v) is 1.45. The van der Waals surface area contributed by atoms with Crippen molar-refractivity contribution in [1.29, 1.82) is 0 Å². The maximum atomic E-state index is 13.0. The second-order valence-electron chi connectivity index (χ2n) is 3.15. The summed E-state index contributed by atoms with van der Waals surface area (Å²) in [7, 11) is 0. The maximum absolute atomic E-state index is 13.0. The highest BCUT2D eigenvalue weighted by atomic mass is 19.3. The molecule has 0 saturated heterocycles. The third-order valence-corrected chi connectivity index (χ3v) is 2.17. The van der Waals surface area contributed by atoms with Gasteiger partial charge in [-0.1, -0.05) is 0 Å². The molecule has 0 saturated carbocycles. The van der Waals surface area contributed by atoms with Crippen LogP contribution in [0.2, 0.25) is 0 Å². The predicted molar refractivity (Wildman–Crippen MR) is 49.2 cm³/mol. The Bertz CT molecular complexity index is 511. The Kier molecular flexibility index (Phi) is 2.30. The number of hydrogen-bond donors (Lipinski definition) is 0. The van der Waals surface area contributed by atoms with Gasteiger partial charge in [-0.3, -0.25) is 0 Å². The Morgan fingerprint density at radius 1 is 1.20 bits per heavy atom. The van der Waals surface area contributed by atoms with Gasteiger partial charge in [0.25, 0.3) is 6.43 Å². The first-order valence-electron chi connectivity index (χ1n) is 4.28. The van der Waals surface area contributed by atoms with E-state index in [0.717, 1.165) is 12.1 Å². The van der Waals surface area contributed by atoms with Gasteiger partial charge in [0, 0.05) is 16.6 Å². The van der Waals surface area contributed by atoms with Gasteiger partial charge in [-0.25, -0.2) is 23.1 Å². The fraction of sp³-hybridized carbons (Fsp3) is 0.200. The first-order chi connectivity index (χ1) is 7.09. The third kappa shape index (κ3) is 1.65. The second-order valence-corrected chi connectivity index (χ2v) is 3.15. The average molecular weight is 212 g/mol. The van der Waals surface area contributed by atoms with Crippen LogP contribution < -0.4 is 0 Å². The van der Waals surface area contributed by atoms with E-state index in [-0.39, 0.29) is 5.52 Å². The molecule has 5 heteroatoms. The van der Waals surface area contributed by atoms with Gasteiger partial charge in [0.2, 0.25) is 0 Å². The normalized spacial score (nSPS) is 11.3. The lowest BCUT2D eigenvalue weighted by Gasteiger charge is -2.06. The summed E-state index contributed by atoms with van der Waals surface area (Å²) < 4.78 is 38.2. The van der Waals surface area contributed by atoms with Crippen LogP contribution >= 0.6 is 0 Å². The van der Waals surface area contributed by atoms with Gasteiger partial charge in [-0.15, -0.1) is 0 Å². The van der Waals surface area contributed by atoms with Crippen LogP contribution in [-0.4, -0.2) is 9.97 Å². The van der Waals surface area contributed by atoms with Crippen LogP contribution in [0, 0.1) is 12.7 Å². The van der Waals surface area contributed by atoms with E-state index in [9.17, 15) is 13.2 Å². The van der Waals surface area contributed by atoms with Crippen LogP contribution in [0.5, 0.6) is 0 Å². The maximum Gasteiger partial charge on any atom is 0.266 e. The van der Waals surface area contributed by atoms with E-state index in [1.54, 1.807) is 6.92 Å². The molecular formula is C10H7F3N2. The largest absolute Gasteiger partial charge is 0.266 e. The molecule has 15 heavy (non-hydrogen) atoms. The number of hydrogen-bond acceptors (Lipinski definition) is 2. The molecule has 0 spiro atoms. The number of fused-ring (bicyclic) bond motifs is 1. The molecule has 0 N–H and O–H groups in total. The van der Waals surface area contributed by atoms with Crippen molar-refractivity contribution in [2.75, 3.05) is 0 Å². The van der Waals surface area contributed by atoms with E-state index in [1.807, 2.05) is 0 Å². The van der Waals surface area contributed by atoms with Crippen molar-refractivity contribution < 1.29 is 13.2 Å². The Morgan fingerprint density at radius 2 is 1.93 bits per heavy atom. The molecule has 0 aliphatic heterocycles. The number of halogens is 3. The minimum absolute atomic E-state index is 0.110. The summed E-state index contributed by atoms with van der Waals surface area (Å²) in [6.45, 7) is 1.62. The van der Waals surface area contributed by atoms with Crippen LogP contribution in [0.4, 0.5) is 13.2 Å². The Hall–Kier alpha value is -1.65. The molecule has 1 aromatic heterocycles. The lowest BCUT2D eigenvalue weighted by Crippen LogP contribution is -1.95. The summed E-state index contributed by atoms with van der Waals surface area (Å²) in [5, 5.41) is 0.327. The zero-order valence-corrected chi connectivity index (χ0v) is 7.84. The van der Waals surface area contributed by atoms with Crippen molar-refractivity contribution in [2.24, 2.45) is 0 Å². The molecule has 1 heterocycles. The van der Waals surface area contributed by atoms with Crippen LogP contribution in [0.15, 0.2) is 18.5 Å². The zero-order valence-electron chi connectivity index (χ0n) is 7.84. The first-order valence-corrected chi connectivity index (χ1v) is 4.28. The number of aryl methyl sites for hydroxylation is 1. The van der Waals surface area contributed by atoms with Crippen LogP contribution in [0.3, 0.4) is 0 Å². The van der Waals surface area contributed by atoms with Gasteiger partial charge >= 0.3 is 0 Å². The Balaban J connectivity index is 2.86. The van der Waals surface area contributed by atoms with Gasteiger partial charge in [0.15, 0.2) is 0 Å². The number of nitrogens with zero attached hydrogens (tertiary/aromatic N) is 2. The van der Waals surface area contributed by atoms with Crippen LogP contribution in [0.1, 0.15) is 17.7 Å². The lowest BCUT2D eigenvalue weighted by molar-refractivity contribution is 0.152. The molecule has 2 rings (SSSR count). The van der Waals surface area contributed by atoms with Crippen molar-refractivity contribution in [3.05, 3.63) is 35.5 Å². The molecule has 1 aromatic carbocycles. The SMILES string of the molecule is Cc1ncnc2c(C(F)F)cc(F)cc12. The molecule has 0 fully saturated rings. The molecule has 78 valence electrons. The summed E-state index contributed by atoms with van der Waals surface area (Å²) in [6.07, 6.45) is -1.54. The molecular weight excluding hydrogens is 205 g/mol. The minimum atomic E-state index is -2.74. The standard InChI is InChI=1S/C10H7F3N2/c1-5-7-2-6(11)3-8(10(12)13)9(7)15-4-14-5/h2-4,10H,1H3. The first kappa shape index (κ1) is 9.89. The summed E-state index contributed by atoms with van der Waals surface area (Å²) >= 11 is 0. The smallest absolute Gasteiger partial charge is 0.241 e. The summed E-state index contributed by atoms with van der Waals surface area (Å²) in [5.41, 5.74) is 0.204. The quantitative estimate of drug-likeness (QED) is 0.726. The molecule has 0 amide bonds. The predicted octanol–water partition coefficient (Wildman–Crippen LogP) is 3.01. The van der Waals surface area contributed by atoms with Gasteiger partial charge in [0.1, 0.15) is 12.1 Å². The molecule has 0 atom stereocenters. The van der Waals surface area contributed by atoms with E-state index < -0.39 is 17.8 Å². The van der Waals surface area contributed by atoms with Crippen molar-refractivity contribution in [3.63, 3.8) is 0 Å². The van der Waals surface area contributed by atoms with Crippen LogP contribution in [-0.2, 0) is 0 Å². The van der Waals surface area contributed by atoms with E-state index >= 15 is 0 Å². The lowest BCUT2D eigenvalue weighted by atomic mass is 10.1. The minimum Gasteiger partial charge on any atom is -0.241 e. The molecule has 0 radical (unpaired) electrons. The number of alkyl halides is 2. The van der Waals surface area contributed by atoms with Crippen molar-refractivity contribution >= 4 is 10.9 Å². The number of aromatic nitrogens is 2. The average Bonchev–Trinajstić information content (AvgIpc) is 2.18. The third-order valence-electron chi connectivity index (χ3n) is 2.17. The van der Waals surface area contributed by atoms with E-state index in [1.165, 1.54) is 6.33 Å². The molecule has 2 aromatic rings. The fourth-order valence-electron chi connectivity index (χ4n) is 1.45. The van der Waals surface area contributed by atoms with Gasteiger partial charge < -0.3 is 0 Å². The van der Waals surface area contributed by atoms with Crippen molar-refractivity contribution in [3.8, 4) is 0 Å². The second kappa shape index (κ2) is 3.49. The zero-order chi connectivity index (χ0) is 11.0. The highest BCUT2D eigenvalue weighted by molar-refractivity contribution is 5.83. The molecule has 0 unspecified atom stereocenters. The molecule has 0 bridgehead atoms. The number of rotatable bonds is 1. The Morgan fingerprint density at radius 3 is 2.60 bits per heavy atom. The van der Waals surface area contributed by atoms with Crippen molar-refractivity contribution in [1.82, 2.24) is 9.97 Å². The molecule has 0 aliphatic carbocycles. The van der Waals surface area contributed by atoms with Gasteiger partial charge in [-0.05, 0) is 19.1 Å². The summed E-state index contributed by atoms with van der Waals surface area (Å²) in [6, 6.07) is 1.97. The van der Waals surface area contributed by atoms with Crippen LogP contribution in [0.25, 0.3) is 10.9 Å². The van der Waals surface area contributed by atoms with Gasteiger partial charge in [-0.2, -0.15) is 0 Å². The van der Waals surface area contributed by atoms with E-state index in [2.05, 4.69) is 9.97 Å². The van der Waals surface area contributed by atoms with Crippen molar-refractivity contribution in [2.45, 2.75) is 13.3 Å². The highest BCUT2D eigenvalue weighted by Gasteiger charge is 2.15. The topological polar surface area (TPSA) is 25.8 Å². The monoisotopic (exact) mass is 212 g/mol. The molecule has 0 aliphatic rings. The van der Waals surface area contributed by atoms with E-state index in [4.69, 9.17) is 0 Å². The molecule has 2 nitrogen and oxygen atoms in total. The summed E-state index contributed by atoms with van der Waals surface area (Å²) in [5.74, 6) is -0.698. The van der Waals surface area contributed by atoms with Gasteiger partial charge in [0.05, 0.1) is 5.52 Å². The van der Waals surface area contributed by atoms with E-state index in [0.29, 0.717) is 11.1 Å². The highest BCUT2D eigenvalue weighted by Crippen LogP contribution is 2.28. The number of benzene rings is 1. The Labute approximate surface area is 83.8 Å². The summed E-state index contributed by atoms with van der Waals surface area (Å²) in [4.78, 5) is 7.57.